The molecule has 0 radical (unpaired) electrons. The lowest BCUT2D eigenvalue weighted by Gasteiger charge is -1.70. The lowest BCUT2D eigenvalue weighted by molar-refractivity contribution is 1.01. The van der Waals surface area contributed by atoms with Crippen molar-refractivity contribution in [2.45, 2.75) is 12.7 Å². The molecule has 0 aliphatic heterocycles. The topological polar surface area (TPSA) is 0 Å². The van der Waals surface area contributed by atoms with E-state index in [1.807, 2.05) is 0 Å². The Morgan fingerprint density at radius 1 is 2.40 bits per heavy atom. The van der Waals surface area contributed by atoms with E-state index in [1.54, 1.807) is 0 Å². The largest absolute Gasteiger partial charge is 0.0925 e. The predicted molar refractivity (Wildman–Crippen MR) is 26.5 cm³/mol. The highest BCUT2D eigenvalue weighted by Gasteiger charge is 2.18. The van der Waals surface area contributed by atoms with Crippen molar-refractivity contribution in [2.24, 2.45) is 5.89 Å². The van der Waals surface area contributed by atoms with Crippen LogP contribution in [0.2, 0.25) is 0 Å². The molecule has 0 spiro atoms. The first-order valence-corrected chi connectivity index (χ1v) is 1.98. The summed E-state index contributed by atoms with van der Waals surface area (Å²) in [5.41, 5.74) is 0. The highest BCUT2D eigenvalue weighted by Crippen LogP contribution is 2.29. The van der Waals surface area contributed by atoms with Gasteiger partial charge in [-0.3, -0.25) is 0 Å². The van der Waals surface area contributed by atoms with Gasteiger partial charge in [-0.1, -0.05) is 15.9 Å². The van der Waals surface area contributed by atoms with Gasteiger partial charge < -0.3 is 0 Å². The molecule has 1 heteroatoms. The van der Waals surface area contributed by atoms with Gasteiger partial charge in [0, 0.05) is 14.9 Å². The van der Waals surface area contributed by atoms with Crippen LogP contribution in [0.15, 0.2) is 0 Å². The Morgan fingerprint density at radius 3 is 3.00 bits per heavy atom. The van der Waals surface area contributed by atoms with Crippen molar-refractivity contribution < 1.29 is 9.60 Å². The summed E-state index contributed by atoms with van der Waals surface area (Å²) >= 11 is 2.48. The van der Waals surface area contributed by atoms with Crippen LogP contribution in [0.5, 0.6) is 0 Å². The molecule has 5 heavy (non-hydrogen) atoms. The first-order valence-electron chi connectivity index (χ1n) is 4.69. The second-order valence-electron chi connectivity index (χ2n) is 0.719. The number of rotatable bonds is 1. The Labute approximate surface area is 50.5 Å². The van der Waals surface area contributed by atoms with E-state index in [0.717, 1.165) is 0 Å². The third-order valence-corrected chi connectivity index (χ3v) is 0.741. The molecule has 1 aliphatic rings. The van der Waals surface area contributed by atoms with Crippen LogP contribution in [0.25, 0.3) is 0 Å². The Kier molecular flexibility index (Phi) is 0.182. The SMILES string of the molecule is [2H]C([2H])(Br)C1([2H])C([2H])([2H])C1([2H])[2H]. The van der Waals surface area contributed by atoms with Crippen LogP contribution in [0.4, 0.5) is 0 Å². The summed E-state index contributed by atoms with van der Waals surface area (Å²) < 4.78 is 49.9. The average Bonchev–Trinajstić information content (AvgIpc) is 2.09. The van der Waals surface area contributed by atoms with Crippen LogP contribution in [0, 0.1) is 5.89 Å². The molecule has 0 heterocycles. The van der Waals surface area contributed by atoms with Crippen LogP contribution < -0.4 is 0 Å². The van der Waals surface area contributed by atoms with E-state index in [-0.39, 0.29) is 0 Å². The molecule has 1 rings (SSSR count). The molecule has 1 aliphatic carbocycles. The third-order valence-electron chi connectivity index (χ3n) is 0.344. The second kappa shape index (κ2) is 1.29. The van der Waals surface area contributed by atoms with Crippen LogP contribution in [-0.2, 0) is 0 Å². The summed E-state index contributed by atoms with van der Waals surface area (Å²) in [6, 6.07) is 0. The molecule has 0 aromatic rings. The van der Waals surface area contributed by atoms with Gasteiger partial charge in [0.1, 0.15) is 0 Å². The van der Waals surface area contributed by atoms with Gasteiger partial charge in [-0.05, 0) is 18.6 Å². The number of halogens is 1. The molecule has 0 saturated heterocycles. The van der Waals surface area contributed by atoms with E-state index in [2.05, 4.69) is 15.9 Å². The van der Waals surface area contributed by atoms with E-state index in [1.165, 1.54) is 0 Å². The van der Waals surface area contributed by atoms with Crippen LogP contribution in [0.1, 0.15) is 22.3 Å². The van der Waals surface area contributed by atoms with Gasteiger partial charge in [-0.15, -0.1) is 0 Å². The lowest BCUT2D eigenvalue weighted by atomic mass is 10.5. The molecular formula is C4H7Br. The Morgan fingerprint density at radius 2 is 3.00 bits per heavy atom. The van der Waals surface area contributed by atoms with Crippen molar-refractivity contribution in [1.82, 2.24) is 0 Å². The van der Waals surface area contributed by atoms with Crippen molar-refractivity contribution >= 4 is 15.9 Å². The molecule has 0 nitrogen and oxygen atoms in total. The summed E-state index contributed by atoms with van der Waals surface area (Å²) in [5.74, 6) is -2.35. The second-order valence-corrected chi connectivity index (χ2v) is 1.12. The number of hydrogen-bond acceptors (Lipinski definition) is 0. The standard InChI is InChI=1S/C4H7Br/c5-3-4-1-2-4/h4H,1-3H2/i1D2,2D2,3D2,4D. The summed E-state index contributed by atoms with van der Waals surface area (Å²) in [4.78, 5) is 0. The van der Waals surface area contributed by atoms with Crippen molar-refractivity contribution in [3.05, 3.63) is 0 Å². The highest BCUT2D eigenvalue weighted by molar-refractivity contribution is 9.09. The average molecular weight is 142 g/mol. The highest BCUT2D eigenvalue weighted by atomic mass is 79.9. The van der Waals surface area contributed by atoms with Crippen molar-refractivity contribution in [1.29, 1.82) is 0 Å². The maximum atomic E-state index is 7.33. The van der Waals surface area contributed by atoms with E-state index in [4.69, 9.17) is 9.60 Å². The first-order chi connectivity index (χ1) is 5.00. The maximum Gasteiger partial charge on any atom is 0.0389 e. The monoisotopic (exact) mass is 141 g/mol. The molecule has 0 amide bonds. The third kappa shape index (κ3) is 0.918. The molecule has 0 N–H and O–H groups in total. The lowest BCUT2D eigenvalue weighted by Crippen LogP contribution is -1.66. The van der Waals surface area contributed by atoms with Gasteiger partial charge in [0.05, 0.1) is 0 Å². The van der Waals surface area contributed by atoms with Crippen LogP contribution in [-0.4, -0.2) is 5.28 Å². The molecule has 0 aromatic carbocycles. The van der Waals surface area contributed by atoms with Crippen LogP contribution in [0.3, 0.4) is 0 Å². The van der Waals surface area contributed by atoms with Crippen LogP contribution >= 0.6 is 15.9 Å². The number of alkyl halides is 1. The summed E-state index contributed by atoms with van der Waals surface area (Å²) in [6.45, 7) is 0. The zero-order valence-corrected chi connectivity index (χ0v) is 3.96. The zero-order chi connectivity index (χ0) is 10.0. The zero-order valence-electron chi connectivity index (χ0n) is 9.38. The van der Waals surface area contributed by atoms with Gasteiger partial charge in [0.25, 0.3) is 0 Å². The van der Waals surface area contributed by atoms with Gasteiger partial charge in [0.15, 0.2) is 0 Å². The van der Waals surface area contributed by atoms with Crippen molar-refractivity contribution in [2.75, 3.05) is 5.28 Å². The molecule has 1 fully saturated rings. The Bertz CT molecular complexity index is 202. The molecule has 1 saturated carbocycles. The predicted octanol–water partition coefficient (Wildman–Crippen LogP) is 1.79. The minimum absolute atomic E-state index is 2.35. The minimum Gasteiger partial charge on any atom is -0.0925 e. The number of hydrogen-bond donors (Lipinski definition) is 0. The molecule has 0 atom stereocenters. The van der Waals surface area contributed by atoms with E-state index in [0.29, 0.717) is 0 Å². The summed E-state index contributed by atoms with van der Waals surface area (Å²) in [7, 11) is 0. The normalized spacial score (nSPS) is 73.4. The van der Waals surface area contributed by atoms with Gasteiger partial charge in [0.2, 0.25) is 0 Å². The van der Waals surface area contributed by atoms with Gasteiger partial charge >= 0.3 is 0 Å². The first kappa shape index (κ1) is 0.706. The van der Waals surface area contributed by atoms with E-state index < -0.39 is 23.9 Å². The Hall–Kier alpha value is 0.480. The molecule has 0 unspecified atom stereocenters. The molecule has 30 valence electrons. The molecule has 0 aromatic heterocycles. The smallest absolute Gasteiger partial charge is 0.0389 e. The van der Waals surface area contributed by atoms with E-state index >= 15 is 0 Å². The molecule has 0 bridgehead atoms. The fourth-order valence-electron chi connectivity index (χ4n) is 0.0785. The maximum absolute atomic E-state index is 7.33. The minimum atomic E-state index is -2.44. The fraction of sp³-hybridized carbons (Fsp3) is 1.00. The van der Waals surface area contributed by atoms with Gasteiger partial charge in [-0.25, -0.2) is 0 Å². The van der Waals surface area contributed by atoms with Crippen molar-refractivity contribution in [3.63, 3.8) is 0 Å². The van der Waals surface area contributed by atoms with Gasteiger partial charge in [-0.2, -0.15) is 0 Å². The quantitative estimate of drug-likeness (QED) is 0.489. The summed E-state index contributed by atoms with van der Waals surface area (Å²) in [5, 5.41) is -2.35. The fourth-order valence-corrected chi connectivity index (χ4v) is 0.277. The Balaban J connectivity index is 3.09. The van der Waals surface area contributed by atoms with Crippen molar-refractivity contribution in [3.8, 4) is 0 Å². The summed E-state index contributed by atoms with van der Waals surface area (Å²) in [6.07, 6.45) is -4.88. The molecular weight excluding hydrogens is 128 g/mol. The van der Waals surface area contributed by atoms with E-state index in [9.17, 15) is 0 Å².